The van der Waals surface area contributed by atoms with Gasteiger partial charge in [-0.25, -0.2) is 0 Å². The van der Waals surface area contributed by atoms with E-state index in [4.69, 9.17) is 11.6 Å². The van der Waals surface area contributed by atoms with Crippen LogP contribution in [0.2, 0.25) is 5.02 Å². The topological polar surface area (TPSA) is 12.0 Å². The van der Waals surface area contributed by atoms with Gasteiger partial charge in [0.15, 0.2) is 0 Å². The maximum atomic E-state index is 6.46. The van der Waals surface area contributed by atoms with E-state index in [-0.39, 0.29) is 0 Å². The highest BCUT2D eigenvalue weighted by Crippen LogP contribution is 2.44. The third kappa shape index (κ3) is 2.76. The lowest BCUT2D eigenvalue weighted by molar-refractivity contribution is 0.182. The summed E-state index contributed by atoms with van der Waals surface area (Å²) in [4.78, 5) is 1.35. The van der Waals surface area contributed by atoms with Crippen molar-refractivity contribution in [1.82, 2.24) is 5.32 Å². The van der Waals surface area contributed by atoms with Crippen LogP contribution in [0.4, 0.5) is 0 Å². The summed E-state index contributed by atoms with van der Waals surface area (Å²) in [6.07, 6.45) is 6.81. The maximum absolute atomic E-state index is 6.46. The fourth-order valence-corrected chi connectivity index (χ4v) is 4.88. The first-order valence-corrected chi connectivity index (χ1v) is 8.35. The Bertz CT molecular complexity index is 388. The van der Waals surface area contributed by atoms with Crippen LogP contribution in [0, 0.1) is 18.8 Å². The van der Waals surface area contributed by atoms with Crippen LogP contribution < -0.4 is 5.32 Å². The van der Waals surface area contributed by atoms with E-state index < -0.39 is 0 Å². The van der Waals surface area contributed by atoms with Crippen molar-refractivity contribution in [1.29, 1.82) is 0 Å². The number of nitrogens with one attached hydrogen (secondary N) is 1. The first-order chi connectivity index (χ1) is 8.69. The number of halogens is 1. The van der Waals surface area contributed by atoms with E-state index >= 15 is 0 Å². The number of rotatable bonds is 4. The monoisotopic (exact) mass is 285 g/mol. The van der Waals surface area contributed by atoms with E-state index in [1.54, 1.807) is 0 Å². The fraction of sp³-hybridized carbons (Fsp3) is 0.733. The molecule has 0 aliphatic heterocycles. The highest BCUT2D eigenvalue weighted by molar-refractivity contribution is 7.10. The number of hydrogen-bond donors (Lipinski definition) is 1. The van der Waals surface area contributed by atoms with E-state index in [1.807, 2.05) is 11.3 Å². The Labute approximate surface area is 120 Å². The van der Waals surface area contributed by atoms with Gasteiger partial charge < -0.3 is 5.32 Å². The summed E-state index contributed by atoms with van der Waals surface area (Å²) in [6, 6.07) is 0.446. The van der Waals surface area contributed by atoms with Gasteiger partial charge in [-0.2, -0.15) is 0 Å². The molecule has 1 aliphatic carbocycles. The molecule has 3 unspecified atom stereocenters. The zero-order chi connectivity index (χ0) is 13.1. The van der Waals surface area contributed by atoms with Gasteiger partial charge in [-0.3, -0.25) is 0 Å². The molecule has 1 aromatic heterocycles. The minimum atomic E-state index is 0.446. The van der Waals surface area contributed by atoms with E-state index in [2.05, 4.69) is 31.6 Å². The first-order valence-electron chi connectivity index (χ1n) is 7.09. The van der Waals surface area contributed by atoms with Crippen molar-refractivity contribution < 1.29 is 0 Å². The number of thiophene rings is 1. The summed E-state index contributed by atoms with van der Waals surface area (Å²) in [6.45, 7) is 4.43. The van der Waals surface area contributed by atoms with Gasteiger partial charge in [0.2, 0.25) is 0 Å². The van der Waals surface area contributed by atoms with Crippen LogP contribution in [0.1, 0.15) is 55.5 Å². The second kappa shape index (κ2) is 6.40. The van der Waals surface area contributed by atoms with Crippen molar-refractivity contribution in [3.63, 3.8) is 0 Å². The van der Waals surface area contributed by atoms with Crippen LogP contribution in [-0.2, 0) is 0 Å². The van der Waals surface area contributed by atoms with E-state index in [9.17, 15) is 0 Å². The minimum Gasteiger partial charge on any atom is -0.312 e. The van der Waals surface area contributed by atoms with Gasteiger partial charge in [0, 0.05) is 10.9 Å². The van der Waals surface area contributed by atoms with Crippen LogP contribution in [0.3, 0.4) is 0 Å². The Balaban J connectivity index is 2.24. The molecule has 102 valence electrons. The van der Waals surface area contributed by atoms with E-state index in [1.165, 1.54) is 42.5 Å². The van der Waals surface area contributed by atoms with Gasteiger partial charge in [0.05, 0.1) is 5.02 Å². The Morgan fingerprint density at radius 2 is 2.17 bits per heavy atom. The summed E-state index contributed by atoms with van der Waals surface area (Å²) >= 11 is 8.28. The van der Waals surface area contributed by atoms with Crippen molar-refractivity contribution in [2.45, 2.75) is 52.0 Å². The van der Waals surface area contributed by atoms with Gasteiger partial charge in [0.1, 0.15) is 0 Å². The Morgan fingerprint density at radius 1 is 1.44 bits per heavy atom. The zero-order valence-corrected chi connectivity index (χ0v) is 13.2. The Hall–Kier alpha value is -0.0500. The first kappa shape index (κ1) is 14.4. The maximum Gasteiger partial charge on any atom is 0.0590 e. The predicted octanol–water partition coefficient (Wildman–Crippen LogP) is 5.19. The summed E-state index contributed by atoms with van der Waals surface area (Å²) in [5.41, 5.74) is 1.22. The Kier molecular flexibility index (Phi) is 5.11. The van der Waals surface area contributed by atoms with Gasteiger partial charge in [-0.05, 0) is 43.2 Å². The minimum absolute atomic E-state index is 0.446. The van der Waals surface area contributed by atoms with Crippen LogP contribution in [0.15, 0.2) is 5.38 Å². The molecule has 3 heteroatoms. The lowest BCUT2D eigenvalue weighted by Gasteiger charge is -2.36. The van der Waals surface area contributed by atoms with Crippen molar-refractivity contribution in [3.05, 3.63) is 20.8 Å². The van der Waals surface area contributed by atoms with Crippen molar-refractivity contribution in [2.75, 3.05) is 7.05 Å². The molecule has 1 fully saturated rings. The van der Waals surface area contributed by atoms with Crippen LogP contribution in [0.5, 0.6) is 0 Å². The SMILES string of the molecule is CCC1CCCCC1C(NC)c1scc(C)c1Cl. The van der Waals surface area contributed by atoms with Crippen molar-refractivity contribution >= 4 is 22.9 Å². The van der Waals surface area contributed by atoms with E-state index in [0.29, 0.717) is 6.04 Å². The highest BCUT2D eigenvalue weighted by atomic mass is 35.5. The van der Waals surface area contributed by atoms with Crippen LogP contribution in [0.25, 0.3) is 0 Å². The quantitative estimate of drug-likeness (QED) is 0.803. The molecule has 1 aliphatic rings. The molecule has 3 atom stereocenters. The third-order valence-electron chi connectivity index (χ3n) is 4.44. The van der Waals surface area contributed by atoms with Crippen molar-refractivity contribution in [3.8, 4) is 0 Å². The molecule has 1 heterocycles. The molecule has 1 nitrogen and oxygen atoms in total. The molecule has 1 aromatic rings. The largest absolute Gasteiger partial charge is 0.312 e. The molecule has 1 N–H and O–H groups in total. The molecule has 0 amide bonds. The van der Waals surface area contributed by atoms with Gasteiger partial charge in [-0.1, -0.05) is 44.2 Å². The lowest BCUT2D eigenvalue weighted by Crippen LogP contribution is -2.32. The fourth-order valence-electron chi connectivity index (χ4n) is 3.38. The van der Waals surface area contributed by atoms with Crippen LogP contribution >= 0.6 is 22.9 Å². The molecule has 0 saturated heterocycles. The van der Waals surface area contributed by atoms with Gasteiger partial charge in [-0.15, -0.1) is 11.3 Å². The smallest absolute Gasteiger partial charge is 0.0590 e. The molecule has 0 radical (unpaired) electrons. The molecule has 1 saturated carbocycles. The number of aryl methyl sites for hydroxylation is 1. The predicted molar refractivity (Wildman–Crippen MR) is 81.6 cm³/mol. The average molecular weight is 286 g/mol. The standard InChI is InChI=1S/C15H24ClNS/c1-4-11-7-5-6-8-12(11)14(17-3)15-13(16)10(2)9-18-15/h9,11-12,14,17H,4-8H2,1-3H3. The van der Waals surface area contributed by atoms with Gasteiger partial charge in [0.25, 0.3) is 0 Å². The molecule has 2 rings (SSSR count). The normalized spacial score (nSPS) is 26.2. The summed E-state index contributed by atoms with van der Waals surface area (Å²) in [7, 11) is 2.08. The van der Waals surface area contributed by atoms with Crippen molar-refractivity contribution in [2.24, 2.45) is 11.8 Å². The number of hydrogen-bond acceptors (Lipinski definition) is 2. The Morgan fingerprint density at radius 3 is 2.72 bits per heavy atom. The van der Waals surface area contributed by atoms with E-state index in [0.717, 1.165) is 16.9 Å². The van der Waals surface area contributed by atoms with Crippen LogP contribution in [-0.4, -0.2) is 7.05 Å². The molecule has 0 bridgehead atoms. The highest BCUT2D eigenvalue weighted by Gasteiger charge is 2.32. The summed E-state index contributed by atoms with van der Waals surface area (Å²) in [5, 5.41) is 6.70. The molecular formula is C15H24ClNS. The second-order valence-electron chi connectivity index (χ2n) is 5.48. The molecule has 18 heavy (non-hydrogen) atoms. The second-order valence-corrected chi connectivity index (χ2v) is 6.77. The summed E-state index contributed by atoms with van der Waals surface area (Å²) in [5.74, 6) is 1.61. The molecule has 0 spiro atoms. The average Bonchev–Trinajstić information content (AvgIpc) is 2.73. The lowest BCUT2D eigenvalue weighted by atomic mass is 9.73. The summed E-state index contributed by atoms with van der Waals surface area (Å²) < 4.78 is 0. The molecule has 0 aromatic carbocycles. The zero-order valence-electron chi connectivity index (χ0n) is 11.6. The molecular weight excluding hydrogens is 262 g/mol. The van der Waals surface area contributed by atoms with Gasteiger partial charge >= 0.3 is 0 Å². The third-order valence-corrected chi connectivity index (χ3v) is 6.24.